The largest absolute Gasteiger partial charge is 0.486 e. The van der Waals surface area contributed by atoms with Crippen molar-refractivity contribution in [1.29, 1.82) is 0 Å². The van der Waals surface area contributed by atoms with Crippen molar-refractivity contribution in [3.63, 3.8) is 0 Å². The van der Waals surface area contributed by atoms with E-state index in [9.17, 15) is 14.0 Å². The van der Waals surface area contributed by atoms with Gasteiger partial charge in [-0.05, 0) is 45.6 Å². The fourth-order valence-electron chi connectivity index (χ4n) is 3.02. The molecule has 1 aromatic heterocycles. The number of ether oxygens (including phenoxy) is 3. The summed E-state index contributed by atoms with van der Waals surface area (Å²) in [6.07, 6.45) is 5.17. The highest BCUT2D eigenvalue weighted by atomic mass is 19.1. The number of hydrogen-bond donors (Lipinski definition) is 0. The van der Waals surface area contributed by atoms with Crippen molar-refractivity contribution in [2.45, 2.75) is 52.1 Å². The van der Waals surface area contributed by atoms with Crippen LogP contribution in [-0.4, -0.2) is 54.3 Å². The molecule has 0 radical (unpaired) electrons. The first-order chi connectivity index (χ1) is 14.2. The quantitative estimate of drug-likeness (QED) is 0.589. The van der Waals surface area contributed by atoms with E-state index < -0.39 is 5.60 Å². The van der Waals surface area contributed by atoms with Gasteiger partial charge < -0.3 is 19.1 Å². The molecule has 0 atom stereocenters. The molecule has 0 saturated carbocycles. The van der Waals surface area contributed by atoms with Gasteiger partial charge in [0.2, 0.25) is 5.95 Å². The lowest BCUT2D eigenvalue weighted by atomic mass is 9.97. The summed E-state index contributed by atoms with van der Waals surface area (Å²) in [6.45, 7) is 6.67. The second-order valence-corrected chi connectivity index (χ2v) is 8.15. The Labute approximate surface area is 176 Å². The van der Waals surface area contributed by atoms with Crippen LogP contribution in [0.1, 0.15) is 46.5 Å². The topological polar surface area (TPSA) is 90.8 Å². The van der Waals surface area contributed by atoms with Gasteiger partial charge in [-0.2, -0.15) is 0 Å². The molecule has 0 bridgehead atoms. The van der Waals surface area contributed by atoms with E-state index in [1.54, 1.807) is 20.8 Å². The van der Waals surface area contributed by atoms with E-state index in [1.165, 1.54) is 19.5 Å². The van der Waals surface area contributed by atoms with Crippen molar-refractivity contribution in [2.24, 2.45) is 5.92 Å². The number of methoxy groups -OCH3 is 1. The van der Waals surface area contributed by atoms with Gasteiger partial charge >= 0.3 is 11.9 Å². The van der Waals surface area contributed by atoms with Crippen molar-refractivity contribution in [2.75, 3.05) is 31.7 Å². The zero-order valence-electron chi connectivity index (χ0n) is 18.0. The predicted octanol–water partition coefficient (Wildman–Crippen LogP) is 3.22. The van der Waals surface area contributed by atoms with Crippen LogP contribution in [-0.2, 0) is 19.1 Å². The first-order valence-corrected chi connectivity index (χ1v) is 9.99. The number of rotatable bonds is 8. The highest BCUT2D eigenvalue weighted by molar-refractivity contribution is 5.72. The molecule has 30 heavy (non-hydrogen) atoms. The van der Waals surface area contributed by atoms with Crippen molar-refractivity contribution >= 4 is 17.9 Å². The summed E-state index contributed by atoms with van der Waals surface area (Å²) >= 11 is 0. The third-order valence-electron chi connectivity index (χ3n) is 4.58. The van der Waals surface area contributed by atoms with Crippen LogP contribution in [0, 0.1) is 5.92 Å². The zero-order chi connectivity index (χ0) is 22.1. The van der Waals surface area contributed by atoms with Gasteiger partial charge in [0.25, 0.3) is 0 Å². The third kappa shape index (κ3) is 7.61. The van der Waals surface area contributed by atoms with Gasteiger partial charge in [-0.25, -0.2) is 14.4 Å². The molecule has 1 aliphatic heterocycles. The molecule has 0 unspecified atom stereocenters. The van der Waals surface area contributed by atoms with Crippen LogP contribution in [0.15, 0.2) is 24.3 Å². The summed E-state index contributed by atoms with van der Waals surface area (Å²) in [5.41, 5.74) is -0.226. The normalized spacial score (nSPS) is 15.6. The Morgan fingerprint density at radius 1 is 1.20 bits per heavy atom. The van der Waals surface area contributed by atoms with Crippen LogP contribution in [0.3, 0.4) is 0 Å². The molecule has 9 heteroatoms. The second-order valence-electron chi connectivity index (χ2n) is 8.15. The molecular weight excluding hydrogens is 393 g/mol. The minimum Gasteiger partial charge on any atom is -0.486 e. The molecule has 1 aliphatic rings. The van der Waals surface area contributed by atoms with Gasteiger partial charge in [0.1, 0.15) is 12.2 Å². The van der Waals surface area contributed by atoms with Gasteiger partial charge in [0.05, 0.1) is 31.8 Å². The highest BCUT2D eigenvalue weighted by Crippen LogP contribution is 2.22. The number of carbonyl (C=O) groups excluding carboxylic acids is 2. The maximum atomic E-state index is 13.1. The molecule has 2 heterocycles. The number of hydrogen-bond acceptors (Lipinski definition) is 8. The Bertz CT molecular complexity index is 738. The Morgan fingerprint density at radius 3 is 2.37 bits per heavy atom. The van der Waals surface area contributed by atoms with Crippen molar-refractivity contribution in [3.05, 3.63) is 24.3 Å². The predicted molar refractivity (Wildman–Crippen MR) is 109 cm³/mol. The number of nitrogens with zero attached hydrogens (tertiary/aromatic N) is 3. The van der Waals surface area contributed by atoms with E-state index in [4.69, 9.17) is 14.2 Å². The molecule has 0 amide bonds. The number of esters is 2. The van der Waals surface area contributed by atoms with Crippen molar-refractivity contribution in [3.8, 4) is 5.75 Å². The first kappa shape index (κ1) is 23.6. The van der Waals surface area contributed by atoms with Crippen LogP contribution in [0.4, 0.5) is 10.3 Å². The number of carbonyl (C=O) groups is 2. The number of halogens is 1. The summed E-state index contributed by atoms with van der Waals surface area (Å²) in [4.78, 5) is 33.9. The molecule has 0 spiro atoms. The second kappa shape index (κ2) is 10.9. The van der Waals surface area contributed by atoms with E-state index in [0.717, 1.165) is 0 Å². The summed E-state index contributed by atoms with van der Waals surface area (Å²) in [5.74, 6) is 0.310. The molecule has 1 saturated heterocycles. The minimum atomic E-state index is -0.569. The van der Waals surface area contributed by atoms with Gasteiger partial charge in [-0.1, -0.05) is 0 Å². The maximum absolute atomic E-state index is 13.1. The summed E-state index contributed by atoms with van der Waals surface area (Å²) in [6, 6.07) is 0. The average molecular weight is 423 g/mol. The maximum Gasteiger partial charge on any atom is 0.308 e. The monoisotopic (exact) mass is 423 g/mol. The average Bonchev–Trinajstić information content (AvgIpc) is 2.72. The van der Waals surface area contributed by atoms with Crippen LogP contribution in [0.5, 0.6) is 5.75 Å². The van der Waals surface area contributed by atoms with E-state index >= 15 is 0 Å². The van der Waals surface area contributed by atoms with Crippen LogP contribution in [0.2, 0.25) is 0 Å². The summed E-state index contributed by atoms with van der Waals surface area (Å²) in [7, 11) is 1.40. The summed E-state index contributed by atoms with van der Waals surface area (Å²) in [5, 5.41) is 0. The standard InChI is InChI=1S/C21H30FN3O5/c1-21(2,3)30-18(26)6-5-15(11-22)14-29-17-12-23-20(24-13-17)25-9-7-16(8-10-25)19(27)28-4/h11-13,16H,5-10,14H2,1-4H3/b15-11+. The lowest BCUT2D eigenvalue weighted by Gasteiger charge is -2.30. The molecule has 1 aromatic rings. The zero-order valence-corrected chi connectivity index (χ0v) is 18.0. The molecular formula is C21H30FN3O5. The first-order valence-electron chi connectivity index (χ1n) is 9.99. The SMILES string of the molecule is COC(=O)C1CCN(c2ncc(OC/C(=C/F)CCC(=O)OC(C)(C)C)cn2)CC1. The molecule has 0 N–H and O–H groups in total. The van der Waals surface area contributed by atoms with E-state index in [2.05, 4.69) is 9.97 Å². The van der Waals surface area contributed by atoms with E-state index in [0.29, 0.717) is 49.5 Å². The Balaban J connectivity index is 1.78. The van der Waals surface area contributed by atoms with Crippen molar-refractivity contribution < 1.29 is 28.2 Å². The van der Waals surface area contributed by atoms with Crippen LogP contribution >= 0.6 is 0 Å². The third-order valence-corrected chi connectivity index (χ3v) is 4.58. The number of anilines is 1. The van der Waals surface area contributed by atoms with Gasteiger partial charge in [0, 0.05) is 19.5 Å². The molecule has 166 valence electrons. The van der Waals surface area contributed by atoms with Crippen LogP contribution in [0.25, 0.3) is 0 Å². The molecule has 0 aromatic carbocycles. The smallest absolute Gasteiger partial charge is 0.308 e. The lowest BCUT2D eigenvalue weighted by molar-refractivity contribution is -0.154. The van der Waals surface area contributed by atoms with Crippen LogP contribution < -0.4 is 9.64 Å². The highest BCUT2D eigenvalue weighted by Gasteiger charge is 2.26. The fraction of sp³-hybridized carbons (Fsp3) is 0.619. The molecule has 0 aliphatic carbocycles. The van der Waals surface area contributed by atoms with Gasteiger partial charge in [0.15, 0.2) is 5.75 Å². The number of aromatic nitrogens is 2. The van der Waals surface area contributed by atoms with Gasteiger partial charge in [-0.3, -0.25) is 9.59 Å². The Hall–Kier alpha value is -2.71. The van der Waals surface area contributed by atoms with Gasteiger partial charge in [-0.15, -0.1) is 0 Å². The Kier molecular flexibility index (Phi) is 8.56. The molecule has 2 rings (SSSR count). The summed E-state index contributed by atoms with van der Waals surface area (Å²) < 4.78 is 28.6. The minimum absolute atomic E-state index is 0.00741. The molecule has 1 fully saturated rings. The molecule has 8 nitrogen and oxygen atoms in total. The van der Waals surface area contributed by atoms with E-state index in [-0.39, 0.29) is 37.3 Å². The lowest BCUT2D eigenvalue weighted by Crippen LogP contribution is -2.37. The Morgan fingerprint density at radius 2 is 1.83 bits per heavy atom. The number of piperidine rings is 1. The van der Waals surface area contributed by atoms with E-state index in [1.807, 2.05) is 4.90 Å². The van der Waals surface area contributed by atoms with Crippen molar-refractivity contribution in [1.82, 2.24) is 9.97 Å². The fourth-order valence-corrected chi connectivity index (χ4v) is 3.02.